The third-order valence-corrected chi connectivity index (χ3v) is 2.79. The minimum absolute atomic E-state index is 0.343. The van der Waals surface area contributed by atoms with Crippen LogP contribution >= 0.6 is 0 Å². The molecule has 2 heteroatoms. The van der Waals surface area contributed by atoms with Crippen molar-refractivity contribution in [3.8, 4) is 0 Å². The second-order valence-corrected chi connectivity index (χ2v) is 4.87. The Morgan fingerprint density at radius 1 is 0.857 bits per heavy atom. The molecule has 0 aromatic heterocycles. The quantitative estimate of drug-likeness (QED) is 0.450. The van der Waals surface area contributed by atoms with Crippen LogP contribution in [-0.2, 0) is 0 Å². The summed E-state index contributed by atoms with van der Waals surface area (Å²) in [6, 6.07) is 0. The van der Waals surface area contributed by atoms with E-state index in [9.17, 15) is 0 Å². The smallest absolute Gasteiger partial charge is 0.0783 e. The van der Waals surface area contributed by atoms with Gasteiger partial charge in [0, 0.05) is 6.61 Å². The molecule has 14 heavy (non-hydrogen) atoms. The van der Waals surface area contributed by atoms with Gasteiger partial charge in [0.05, 0.1) is 27.2 Å². The van der Waals surface area contributed by atoms with Crippen LogP contribution in [0.5, 0.6) is 0 Å². The summed E-state index contributed by atoms with van der Waals surface area (Å²) in [5.41, 5.74) is 0. The second-order valence-electron chi connectivity index (χ2n) is 4.87. The lowest BCUT2D eigenvalue weighted by Gasteiger charge is -2.29. The molecule has 0 unspecified atom stereocenters. The molecule has 2 nitrogen and oxygen atoms in total. The Balaban J connectivity index is 3.40. The van der Waals surface area contributed by atoms with Crippen LogP contribution in [0.3, 0.4) is 0 Å². The summed E-state index contributed by atoms with van der Waals surface area (Å²) in [4.78, 5) is 0. The number of hydrogen-bond acceptors (Lipinski definition) is 1. The summed E-state index contributed by atoms with van der Waals surface area (Å²) < 4.78 is 1.11. The van der Waals surface area contributed by atoms with E-state index in [1.807, 2.05) is 0 Å². The number of quaternary nitrogens is 1. The van der Waals surface area contributed by atoms with Gasteiger partial charge in [0.2, 0.25) is 0 Å². The maximum absolute atomic E-state index is 8.70. The highest BCUT2D eigenvalue weighted by molar-refractivity contribution is 4.42. The SMILES string of the molecule is CCCCCC[N+](C)(C)CCCCO. The molecule has 0 rings (SSSR count). The minimum Gasteiger partial charge on any atom is -0.396 e. The van der Waals surface area contributed by atoms with E-state index in [1.54, 1.807) is 0 Å². The van der Waals surface area contributed by atoms with E-state index in [2.05, 4.69) is 21.0 Å². The molecule has 0 radical (unpaired) electrons. The first-order chi connectivity index (χ1) is 6.62. The molecule has 0 atom stereocenters. The molecule has 0 aliphatic carbocycles. The number of unbranched alkanes of at least 4 members (excludes halogenated alkanes) is 4. The van der Waals surface area contributed by atoms with Crippen LogP contribution in [0, 0.1) is 0 Å². The standard InChI is InChI=1S/C12H28NO/c1-4-5-6-7-10-13(2,3)11-8-9-12-14/h14H,4-12H2,1-3H3/q+1. The molecule has 0 bridgehead atoms. The Morgan fingerprint density at radius 2 is 1.43 bits per heavy atom. The lowest BCUT2D eigenvalue weighted by molar-refractivity contribution is -0.890. The van der Waals surface area contributed by atoms with E-state index in [0.717, 1.165) is 17.3 Å². The second kappa shape index (κ2) is 8.25. The van der Waals surface area contributed by atoms with Gasteiger partial charge in [0.25, 0.3) is 0 Å². The molecular weight excluding hydrogens is 174 g/mol. The zero-order valence-electron chi connectivity index (χ0n) is 10.3. The molecular formula is C12H28NO+. The van der Waals surface area contributed by atoms with Gasteiger partial charge in [-0.3, -0.25) is 0 Å². The van der Waals surface area contributed by atoms with Crippen LogP contribution in [0.15, 0.2) is 0 Å². The summed E-state index contributed by atoms with van der Waals surface area (Å²) in [5.74, 6) is 0. The molecule has 0 saturated carbocycles. The number of rotatable bonds is 9. The van der Waals surface area contributed by atoms with Gasteiger partial charge in [0.15, 0.2) is 0 Å². The van der Waals surface area contributed by atoms with Gasteiger partial charge in [-0.2, -0.15) is 0 Å². The molecule has 0 saturated heterocycles. The third-order valence-electron chi connectivity index (χ3n) is 2.79. The summed E-state index contributed by atoms with van der Waals surface area (Å²) >= 11 is 0. The molecule has 0 aliphatic rings. The third kappa shape index (κ3) is 8.52. The van der Waals surface area contributed by atoms with E-state index < -0.39 is 0 Å². The van der Waals surface area contributed by atoms with Gasteiger partial charge in [-0.1, -0.05) is 19.8 Å². The van der Waals surface area contributed by atoms with E-state index in [-0.39, 0.29) is 0 Å². The number of hydrogen-bond donors (Lipinski definition) is 1. The summed E-state index contributed by atoms with van der Waals surface area (Å²) in [7, 11) is 4.59. The van der Waals surface area contributed by atoms with Crippen molar-refractivity contribution in [2.45, 2.75) is 45.4 Å². The van der Waals surface area contributed by atoms with Gasteiger partial charge in [0.1, 0.15) is 0 Å². The fourth-order valence-corrected chi connectivity index (χ4v) is 1.73. The maximum atomic E-state index is 8.70. The first-order valence-electron chi connectivity index (χ1n) is 6.05. The van der Waals surface area contributed by atoms with Crippen LogP contribution in [0.25, 0.3) is 0 Å². The largest absolute Gasteiger partial charge is 0.396 e. The maximum Gasteiger partial charge on any atom is 0.0783 e. The van der Waals surface area contributed by atoms with Crippen molar-refractivity contribution in [2.75, 3.05) is 33.8 Å². The summed E-state index contributed by atoms with van der Waals surface area (Å²) in [5, 5.41) is 8.70. The van der Waals surface area contributed by atoms with Crippen molar-refractivity contribution in [1.82, 2.24) is 0 Å². The fraction of sp³-hybridized carbons (Fsp3) is 1.00. The van der Waals surface area contributed by atoms with Crippen molar-refractivity contribution in [3.05, 3.63) is 0 Å². The molecule has 0 fully saturated rings. The van der Waals surface area contributed by atoms with Crippen LogP contribution in [0.2, 0.25) is 0 Å². The van der Waals surface area contributed by atoms with Gasteiger partial charge in [-0.05, 0) is 25.7 Å². The molecule has 0 aliphatic heterocycles. The van der Waals surface area contributed by atoms with Crippen molar-refractivity contribution in [2.24, 2.45) is 0 Å². The zero-order valence-corrected chi connectivity index (χ0v) is 10.3. The summed E-state index contributed by atoms with van der Waals surface area (Å²) in [6.45, 7) is 5.08. The highest BCUT2D eigenvalue weighted by atomic mass is 16.2. The Kier molecular flexibility index (Phi) is 8.20. The van der Waals surface area contributed by atoms with Gasteiger partial charge < -0.3 is 9.59 Å². The van der Waals surface area contributed by atoms with Crippen molar-refractivity contribution in [1.29, 1.82) is 0 Å². The Hall–Kier alpha value is -0.0800. The zero-order chi connectivity index (χ0) is 10.9. The number of nitrogens with zero attached hydrogens (tertiary/aromatic N) is 1. The average molecular weight is 202 g/mol. The number of aliphatic hydroxyl groups is 1. The molecule has 0 aromatic rings. The van der Waals surface area contributed by atoms with Crippen molar-refractivity contribution in [3.63, 3.8) is 0 Å². The van der Waals surface area contributed by atoms with Crippen LogP contribution in [0.4, 0.5) is 0 Å². The Morgan fingerprint density at radius 3 is 1.93 bits per heavy atom. The predicted molar refractivity (Wildman–Crippen MR) is 62.3 cm³/mol. The van der Waals surface area contributed by atoms with Gasteiger partial charge in [-0.15, -0.1) is 0 Å². The Bertz CT molecular complexity index is 123. The number of aliphatic hydroxyl groups excluding tert-OH is 1. The minimum atomic E-state index is 0.343. The average Bonchev–Trinajstić information content (AvgIpc) is 2.13. The monoisotopic (exact) mass is 202 g/mol. The topological polar surface area (TPSA) is 20.2 Å². The highest BCUT2D eigenvalue weighted by Gasteiger charge is 2.12. The molecule has 0 heterocycles. The van der Waals surface area contributed by atoms with E-state index in [4.69, 9.17) is 5.11 Å². The van der Waals surface area contributed by atoms with Crippen molar-refractivity contribution >= 4 is 0 Å². The van der Waals surface area contributed by atoms with Gasteiger partial charge in [-0.25, -0.2) is 0 Å². The van der Waals surface area contributed by atoms with E-state index in [0.29, 0.717) is 6.61 Å². The van der Waals surface area contributed by atoms with Crippen LogP contribution < -0.4 is 0 Å². The molecule has 0 aromatic carbocycles. The normalized spacial score (nSPS) is 12.0. The lowest BCUT2D eigenvalue weighted by atomic mass is 10.2. The Labute approximate surface area is 89.5 Å². The highest BCUT2D eigenvalue weighted by Crippen LogP contribution is 2.07. The van der Waals surface area contributed by atoms with Crippen molar-refractivity contribution < 1.29 is 9.59 Å². The van der Waals surface area contributed by atoms with Crippen LogP contribution in [0.1, 0.15) is 45.4 Å². The molecule has 86 valence electrons. The van der Waals surface area contributed by atoms with E-state index in [1.165, 1.54) is 38.8 Å². The first-order valence-corrected chi connectivity index (χ1v) is 6.05. The summed E-state index contributed by atoms with van der Waals surface area (Å²) in [6.07, 6.45) is 7.51. The van der Waals surface area contributed by atoms with Crippen LogP contribution in [-0.4, -0.2) is 43.4 Å². The van der Waals surface area contributed by atoms with Gasteiger partial charge >= 0.3 is 0 Å². The molecule has 0 amide bonds. The predicted octanol–water partition coefficient (Wildman–Crippen LogP) is 2.42. The fourth-order valence-electron chi connectivity index (χ4n) is 1.73. The lowest BCUT2D eigenvalue weighted by Crippen LogP contribution is -2.41. The molecule has 0 spiro atoms. The molecule has 1 N–H and O–H groups in total. The van der Waals surface area contributed by atoms with E-state index >= 15 is 0 Å². The first kappa shape index (κ1) is 13.9.